The highest BCUT2D eigenvalue weighted by Crippen LogP contribution is 2.32. The highest BCUT2D eigenvalue weighted by atomic mass is 19.1. The number of halogens is 1. The predicted octanol–water partition coefficient (Wildman–Crippen LogP) is 2.51. The van der Waals surface area contributed by atoms with Gasteiger partial charge in [0.05, 0.1) is 12.1 Å². The van der Waals surface area contributed by atoms with Gasteiger partial charge in [-0.2, -0.15) is 5.10 Å². The SMILES string of the molecule is C[C@@H](CNC(=O)NC(=O)CC1CC1)C(=O)N1CCN(c2cc(F)cc(-c3cn[nH]c3)c2)[C@@H](C)C1. The van der Waals surface area contributed by atoms with Crippen molar-refractivity contribution in [3.8, 4) is 11.1 Å². The van der Waals surface area contributed by atoms with Crippen molar-refractivity contribution >= 4 is 23.5 Å². The van der Waals surface area contributed by atoms with E-state index in [9.17, 15) is 18.8 Å². The van der Waals surface area contributed by atoms with E-state index in [-0.39, 0.29) is 30.2 Å². The van der Waals surface area contributed by atoms with Crippen molar-refractivity contribution < 1.29 is 18.8 Å². The number of carbonyl (C=O) groups is 3. The summed E-state index contributed by atoms with van der Waals surface area (Å²) >= 11 is 0. The molecule has 2 aromatic rings. The Labute approximate surface area is 198 Å². The molecular weight excluding hydrogens is 439 g/mol. The molecule has 2 fully saturated rings. The van der Waals surface area contributed by atoms with E-state index >= 15 is 0 Å². The van der Waals surface area contributed by atoms with Gasteiger partial charge in [0.15, 0.2) is 0 Å². The smallest absolute Gasteiger partial charge is 0.321 e. The van der Waals surface area contributed by atoms with Crippen molar-refractivity contribution in [2.24, 2.45) is 11.8 Å². The molecule has 2 atom stereocenters. The van der Waals surface area contributed by atoms with Crippen LogP contribution in [0.5, 0.6) is 0 Å². The van der Waals surface area contributed by atoms with Crippen LogP contribution in [0.2, 0.25) is 0 Å². The summed E-state index contributed by atoms with van der Waals surface area (Å²) in [5, 5.41) is 11.6. The van der Waals surface area contributed by atoms with Crippen LogP contribution in [0.25, 0.3) is 11.1 Å². The van der Waals surface area contributed by atoms with Gasteiger partial charge in [0.25, 0.3) is 0 Å². The number of amides is 4. The average Bonchev–Trinajstić information content (AvgIpc) is 3.43. The number of urea groups is 1. The summed E-state index contributed by atoms with van der Waals surface area (Å²) in [5.41, 5.74) is 2.31. The van der Waals surface area contributed by atoms with E-state index in [1.807, 2.05) is 13.0 Å². The summed E-state index contributed by atoms with van der Waals surface area (Å²) in [4.78, 5) is 40.5. The van der Waals surface area contributed by atoms with E-state index in [0.717, 1.165) is 29.7 Å². The zero-order chi connectivity index (χ0) is 24.2. The van der Waals surface area contributed by atoms with Gasteiger partial charge in [0.2, 0.25) is 11.8 Å². The largest absolute Gasteiger partial charge is 0.365 e. The minimum Gasteiger partial charge on any atom is -0.365 e. The maximum atomic E-state index is 14.3. The van der Waals surface area contributed by atoms with Gasteiger partial charge in [0.1, 0.15) is 5.82 Å². The van der Waals surface area contributed by atoms with Crippen LogP contribution < -0.4 is 15.5 Å². The van der Waals surface area contributed by atoms with Crippen LogP contribution >= 0.6 is 0 Å². The summed E-state index contributed by atoms with van der Waals surface area (Å²) in [7, 11) is 0. The van der Waals surface area contributed by atoms with Crippen molar-refractivity contribution in [3.05, 3.63) is 36.4 Å². The maximum absolute atomic E-state index is 14.3. The van der Waals surface area contributed by atoms with E-state index in [1.54, 1.807) is 24.2 Å². The molecule has 3 N–H and O–H groups in total. The minimum absolute atomic E-state index is 0.0137. The highest BCUT2D eigenvalue weighted by Gasteiger charge is 2.30. The summed E-state index contributed by atoms with van der Waals surface area (Å²) < 4.78 is 14.3. The molecule has 0 spiro atoms. The summed E-state index contributed by atoms with van der Waals surface area (Å²) in [6, 6.07) is 4.33. The number of rotatable bonds is 7. The topological polar surface area (TPSA) is 110 Å². The number of aromatic nitrogens is 2. The van der Waals surface area contributed by atoms with Crippen LogP contribution in [0.15, 0.2) is 30.6 Å². The fourth-order valence-electron chi connectivity index (χ4n) is 4.31. The van der Waals surface area contributed by atoms with Crippen LogP contribution in [0.4, 0.5) is 14.9 Å². The first-order valence-corrected chi connectivity index (χ1v) is 11.7. The lowest BCUT2D eigenvalue weighted by molar-refractivity contribution is -0.135. The fraction of sp³-hybridized carbons (Fsp3) is 0.500. The van der Waals surface area contributed by atoms with E-state index in [2.05, 4.69) is 25.7 Å². The molecule has 9 nitrogen and oxygen atoms in total. The van der Waals surface area contributed by atoms with Gasteiger partial charge in [-0.3, -0.25) is 20.0 Å². The number of benzene rings is 1. The van der Waals surface area contributed by atoms with Gasteiger partial charge in [-0.05, 0) is 49.4 Å². The molecule has 4 rings (SSSR count). The zero-order valence-corrected chi connectivity index (χ0v) is 19.5. The number of aromatic amines is 1. The average molecular weight is 471 g/mol. The maximum Gasteiger partial charge on any atom is 0.321 e. The van der Waals surface area contributed by atoms with Crippen molar-refractivity contribution in [2.45, 2.75) is 39.2 Å². The Morgan fingerprint density at radius 3 is 2.68 bits per heavy atom. The molecule has 1 aliphatic heterocycles. The normalized spacial score (nSPS) is 19.0. The molecule has 1 saturated heterocycles. The van der Waals surface area contributed by atoms with Crippen molar-refractivity contribution in [1.29, 1.82) is 0 Å². The zero-order valence-electron chi connectivity index (χ0n) is 19.5. The molecule has 2 heterocycles. The molecule has 34 heavy (non-hydrogen) atoms. The van der Waals surface area contributed by atoms with Crippen molar-refractivity contribution in [2.75, 3.05) is 31.1 Å². The Morgan fingerprint density at radius 2 is 2.00 bits per heavy atom. The number of nitrogens with zero attached hydrogens (tertiary/aromatic N) is 3. The van der Waals surface area contributed by atoms with Gasteiger partial charge in [-0.1, -0.05) is 6.92 Å². The number of anilines is 1. The molecule has 1 aromatic carbocycles. The lowest BCUT2D eigenvalue weighted by Gasteiger charge is -2.42. The first-order chi connectivity index (χ1) is 16.3. The third-order valence-corrected chi connectivity index (χ3v) is 6.40. The van der Waals surface area contributed by atoms with Crippen molar-refractivity contribution in [3.63, 3.8) is 0 Å². The second-order valence-electron chi connectivity index (χ2n) is 9.32. The second-order valence-corrected chi connectivity index (χ2v) is 9.32. The molecule has 10 heteroatoms. The molecule has 0 unspecified atom stereocenters. The van der Waals surface area contributed by atoms with Crippen LogP contribution in [0.1, 0.15) is 33.1 Å². The molecule has 182 valence electrons. The van der Waals surface area contributed by atoms with E-state index in [4.69, 9.17) is 0 Å². The Bertz CT molecular complexity index is 1040. The van der Waals surface area contributed by atoms with E-state index in [0.29, 0.717) is 32.0 Å². The lowest BCUT2D eigenvalue weighted by atomic mass is 10.0. The predicted molar refractivity (Wildman–Crippen MR) is 125 cm³/mol. The molecule has 1 aromatic heterocycles. The van der Waals surface area contributed by atoms with Gasteiger partial charge < -0.3 is 15.1 Å². The number of imide groups is 1. The Hall–Kier alpha value is -3.43. The Morgan fingerprint density at radius 1 is 1.21 bits per heavy atom. The van der Waals surface area contributed by atoms with E-state index in [1.165, 1.54) is 12.1 Å². The molecule has 0 radical (unpaired) electrons. The van der Waals surface area contributed by atoms with Crippen LogP contribution in [-0.4, -0.2) is 65.2 Å². The van der Waals surface area contributed by atoms with Crippen LogP contribution in [-0.2, 0) is 9.59 Å². The molecule has 1 saturated carbocycles. The standard InChI is InChI=1S/C24H31FN6O3/c1-15(11-26-24(34)29-22(32)7-17-3-4-17)23(33)30-5-6-31(16(2)14-30)21-9-18(8-20(25)10-21)19-12-27-28-13-19/h8-10,12-13,15-17H,3-7,11,14H2,1-2H3,(H,27,28)(H2,26,29,32,34)/t15-,16-/m0/s1. The first-order valence-electron chi connectivity index (χ1n) is 11.7. The summed E-state index contributed by atoms with van der Waals surface area (Å²) in [6.45, 7) is 5.47. The number of piperazine rings is 1. The number of nitrogens with one attached hydrogen (secondary N) is 3. The lowest BCUT2D eigenvalue weighted by Crippen LogP contribution is -2.55. The second kappa shape index (κ2) is 10.2. The van der Waals surface area contributed by atoms with Crippen molar-refractivity contribution in [1.82, 2.24) is 25.7 Å². The van der Waals surface area contributed by atoms with Gasteiger partial charge >= 0.3 is 6.03 Å². The van der Waals surface area contributed by atoms with Gasteiger partial charge in [0, 0.05) is 56.1 Å². The van der Waals surface area contributed by atoms with E-state index < -0.39 is 11.9 Å². The summed E-state index contributed by atoms with van der Waals surface area (Å²) in [5.74, 6) is -0.692. The summed E-state index contributed by atoms with van der Waals surface area (Å²) in [6.07, 6.45) is 5.82. The Kier molecular flexibility index (Phi) is 7.14. The highest BCUT2D eigenvalue weighted by molar-refractivity contribution is 5.94. The number of H-pyrrole nitrogens is 1. The molecule has 2 aliphatic rings. The fourth-order valence-corrected chi connectivity index (χ4v) is 4.31. The molecule has 4 amide bonds. The number of carbonyl (C=O) groups excluding carboxylic acids is 3. The monoisotopic (exact) mass is 470 g/mol. The molecule has 1 aliphatic carbocycles. The van der Waals surface area contributed by atoms with Crippen LogP contribution in [0.3, 0.4) is 0 Å². The molecule has 0 bridgehead atoms. The molecular formula is C24H31FN6O3. The first kappa shape index (κ1) is 23.7. The third kappa shape index (κ3) is 5.92. The minimum atomic E-state index is -0.567. The van der Waals surface area contributed by atoms with Gasteiger partial charge in [-0.25, -0.2) is 9.18 Å². The number of hydrogen-bond donors (Lipinski definition) is 3. The third-order valence-electron chi connectivity index (χ3n) is 6.40. The van der Waals surface area contributed by atoms with Gasteiger partial charge in [-0.15, -0.1) is 0 Å². The van der Waals surface area contributed by atoms with Crippen LogP contribution in [0, 0.1) is 17.7 Å². The Balaban J connectivity index is 1.29. The number of hydrogen-bond acceptors (Lipinski definition) is 5. The quantitative estimate of drug-likeness (QED) is 0.576.